The number of rotatable bonds is 7. The van der Waals surface area contributed by atoms with Crippen molar-refractivity contribution in [1.82, 2.24) is 5.32 Å². The fraction of sp³-hybridized carbons (Fsp3) is 0.471. The van der Waals surface area contributed by atoms with Gasteiger partial charge in [-0.25, -0.2) is 0 Å². The monoisotopic (exact) mass is 543 g/mol. The third-order valence-corrected chi connectivity index (χ3v) is 9.19. The van der Waals surface area contributed by atoms with Crippen molar-refractivity contribution in [2.75, 3.05) is 33.8 Å². The molecule has 3 aromatic rings. The largest absolute Gasteiger partial charge is 0.497 e. The number of fused-ring (bicyclic) bond motifs is 2. The molecule has 1 saturated carbocycles. The van der Waals surface area contributed by atoms with Gasteiger partial charge in [0.05, 0.1) is 27.2 Å². The van der Waals surface area contributed by atoms with Gasteiger partial charge in [-0.05, 0) is 59.9 Å². The molecule has 1 unspecified atom stereocenters. The minimum atomic E-state index is -0.669. The van der Waals surface area contributed by atoms with E-state index in [1.54, 1.807) is 7.11 Å². The van der Waals surface area contributed by atoms with Crippen LogP contribution < -0.4 is 10.1 Å². The number of nitrogens with one attached hydrogen (secondary N) is 1. The molecule has 0 radical (unpaired) electrons. The molecule has 6 heteroatoms. The van der Waals surface area contributed by atoms with Crippen LogP contribution in [0, 0.1) is 5.92 Å². The summed E-state index contributed by atoms with van der Waals surface area (Å²) in [5.41, 5.74) is 0.669. The summed E-state index contributed by atoms with van der Waals surface area (Å²) in [7, 11) is 3.98. The smallest absolute Gasteiger partial charge is 0.303 e. The molecule has 1 N–H and O–H groups in total. The number of quaternary nitrogens is 1. The predicted molar refractivity (Wildman–Crippen MR) is 158 cm³/mol. The minimum absolute atomic E-state index is 0.0455. The van der Waals surface area contributed by atoms with Gasteiger partial charge in [0.15, 0.2) is 5.60 Å². The van der Waals surface area contributed by atoms with Gasteiger partial charge in [-0.2, -0.15) is 0 Å². The second kappa shape index (κ2) is 10.9. The summed E-state index contributed by atoms with van der Waals surface area (Å²) in [6, 6.07) is 22.1. The number of nitrogens with zero attached hydrogens (tertiary/aromatic N) is 1. The van der Waals surface area contributed by atoms with E-state index in [2.05, 4.69) is 44.4 Å². The van der Waals surface area contributed by atoms with Gasteiger partial charge in [-0.1, -0.05) is 56.3 Å². The molecular formula is C34H43N2O4+. The first-order chi connectivity index (χ1) is 19.1. The average Bonchev–Trinajstić information content (AvgIpc) is 2.92. The zero-order chi connectivity index (χ0) is 28.5. The van der Waals surface area contributed by atoms with Crippen LogP contribution in [0.25, 0.3) is 10.8 Å². The summed E-state index contributed by atoms with van der Waals surface area (Å²) in [6.07, 6.45) is 3.01. The van der Waals surface area contributed by atoms with E-state index in [0.29, 0.717) is 24.3 Å². The van der Waals surface area contributed by atoms with E-state index in [9.17, 15) is 9.59 Å². The van der Waals surface area contributed by atoms with E-state index >= 15 is 0 Å². The standard InChI is InChI=1S/C34H42N2O4/c1-24(2)22-36(4)18-17-33(29-11-8-12-31(20-29)39-5)21-30(15-16-34(33,23-36)40-25(3)37)35-32(38)28-14-13-26-9-6-7-10-27(26)19-28/h6-14,19-20,24,30H,15-18,21-23H2,1-5H3/p+1/t30-,33-,34?,36+/m1/s1. The lowest BCUT2D eigenvalue weighted by atomic mass is 9.54. The maximum atomic E-state index is 13.5. The zero-order valence-electron chi connectivity index (χ0n) is 24.5. The van der Waals surface area contributed by atoms with Crippen molar-refractivity contribution in [3.8, 4) is 5.75 Å². The first-order valence-electron chi connectivity index (χ1n) is 14.5. The molecule has 0 bridgehead atoms. The SMILES string of the molecule is COc1cccc([C@]23CC[N@@+](C)(CC(C)C)CC2(OC(C)=O)CC[C@@H](NC(=O)c2ccc4ccccc4c2)C3)c1. The van der Waals surface area contributed by atoms with Crippen LogP contribution in [0.1, 0.15) is 62.4 Å². The third-order valence-electron chi connectivity index (χ3n) is 9.19. The number of carbonyl (C=O) groups is 2. The molecule has 2 fully saturated rings. The number of ether oxygens (including phenoxy) is 2. The van der Waals surface area contributed by atoms with Crippen molar-refractivity contribution in [2.24, 2.45) is 5.92 Å². The van der Waals surface area contributed by atoms with Gasteiger partial charge in [0.25, 0.3) is 5.91 Å². The van der Waals surface area contributed by atoms with Gasteiger partial charge in [-0.3, -0.25) is 9.59 Å². The lowest BCUT2D eigenvalue weighted by molar-refractivity contribution is -0.925. The number of amides is 1. The van der Waals surface area contributed by atoms with Crippen LogP contribution in [0.15, 0.2) is 66.7 Å². The number of likely N-dealkylation sites (N-methyl/N-ethyl adjacent to an activating group) is 1. The Balaban J connectivity index is 1.51. The Labute approximate surface area is 238 Å². The Morgan fingerprint density at radius 2 is 1.80 bits per heavy atom. The Morgan fingerprint density at radius 1 is 1.02 bits per heavy atom. The highest BCUT2D eigenvalue weighted by Crippen LogP contribution is 2.55. The third kappa shape index (κ3) is 5.34. The van der Waals surface area contributed by atoms with Crippen LogP contribution in [0.5, 0.6) is 5.75 Å². The van der Waals surface area contributed by atoms with E-state index in [1.807, 2.05) is 48.5 Å². The summed E-state index contributed by atoms with van der Waals surface area (Å²) >= 11 is 0. The number of piperidine rings is 1. The minimum Gasteiger partial charge on any atom is -0.497 e. The number of carbonyl (C=O) groups excluding carboxylic acids is 2. The summed E-state index contributed by atoms with van der Waals surface area (Å²) < 4.78 is 13.0. The highest BCUT2D eigenvalue weighted by molar-refractivity contribution is 5.98. The summed E-state index contributed by atoms with van der Waals surface area (Å²) in [5, 5.41) is 5.53. The maximum absolute atomic E-state index is 13.5. The van der Waals surface area contributed by atoms with Gasteiger partial charge >= 0.3 is 5.97 Å². The first-order valence-corrected chi connectivity index (χ1v) is 14.5. The van der Waals surface area contributed by atoms with Crippen molar-refractivity contribution in [2.45, 2.75) is 63.5 Å². The molecule has 6 nitrogen and oxygen atoms in total. The number of benzene rings is 3. The maximum Gasteiger partial charge on any atom is 0.303 e. The first kappa shape index (κ1) is 28.2. The molecule has 1 heterocycles. The molecule has 1 saturated heterocycles. The van der Waals surface area contributed by atoms with E-state index in [4.69, 9.17) is 9.47 Å². The molecule has 212 valence electrons. The van der Waals surface area contributed by atoms with Gasteiger partial charge in [-0.15, -0.1) is 0 Å². The Bertz CT molecular complexity index is 1400. The summed E-state index contributed by atoms with van der Waals surface area (Å²) in [4.78, 5) is 26.2. The molecule has 40 heavy (non-hydrogen) atoms. The number of likely N-dealkylation sites (tertiary alicyclic amines) is 1. The fourth-order valence-corrected chi connectivity index (χ4v) is 7.73. The van der Waals surface area contributed by atoms with Gasteiger partial charge in [0, 0.05) is 36.3 Å². The number of methoxy groups -OCH3 is 1. The Hall–Kier alpha value is -3.38. The van der Waals surface area contributed by atoms with Crippen molar-refractivity contribution in [3.05, 3.63) is 77.9 Å². The number of hydrogen-bond acceptors (Lipinski definition) is 4. The molecule has 0 aromatic heterocycles. The van der Waals surface area contributed by atoms with Gasteiger partial charge in [0.1, 0.15) is 12.3 Å². The van der Waals surface area contributed by atoms with Crippen molar-refractivity contribution in [3.63, 3.8) is 0 Å². The second-order valence-corrected chi connectivity index (χ2v) is 12.7. The van der Waals surface area contributed by atoms with Crippen LogP contribution in [-0.2, 0) is 14.9 Å². The molecule has 1 amide bonds. The van der Waals surface area contributed by atoms with Crippen molar-refractivity contribution in [1.29, 1.82) is 0 Å². The van der Waals surface area contributed by atoms with E-state index in [0.717, 1.165) is 59.0 Å². The van der Waals surface area contributed by atoms with Gasteiger partial charge in [0.2, 0.25) is 0 Å². The quantitative estimate of drug-likeness (QED) is 0.299. The van der Waals surface area contributed by atoms with E-state index in [-0.39, 0.29) is 17.9 Å². The van der Waals surface area contributed by atoms with Crippen LogP contribution in [0.2, 0.25) is 0 Å². The van der Waals surface area contributed by atoms with E-state index in [1.165, 1.54) is 6.92 Å². The molecule has 4 atom stereocenters. The van der Waals surface area contributed by atoms with Crippen molar-refractivity contribution >= 4 is 22.6 Å². The predicted octanol–water partition coefficient (Wildman–Crippen LogP) is 5.88. The number of hydrogen-bond donors (Lipinski definition) is 1. The highest BCUT2D eigenvalue weighted by Gasteiger charge is 2.64. The lowest BCUT2D eigenvalue weighted by Crippen LogP contribution is -2.73. The van der Waals surface area contributed by atoms with E-state index < -0.39 is 11.0 Å². The second-order valence-electron chi connectivity index (χ2n) is 12.7. The molecule has 2 aliphatic rings. The van der Waals surface area contributed by atoms with Crippen LogP contribution >= 0.6 is 0 Å². The summed E-state index contributed by atoms with van der Waals surface area (Å²) in [6.45, 7) is 8.80. The topological polar surface area (TPSA) is 64.6 Å². The normalized spacial score (nSPS) is 28.1. The summed E-state index contributed by atoms with van der Waals surface area (Å²) in [5.74, 6) is 1.01. The highest BCUT2D eigenvalue weighted by atomic mass is 16.6. The van der Waals surface area contributed by atoms with Crippen LogP contribution in [0.4, 0.5) is 0 Å². The molecule has 1 aliphatic heterocycles. The molecule has 1 aliphatic carbocycles. The number of esters is 1. The lowest BCUT2D eigenvalue weighted by Gasteiger charge is -2.61. The molecule has 5 rings (SSSR count). The molecule has 0 spiro atoms. The zero-order valence-corrected chi connectivity index (χ0v) is 24.5. The van der Waals surface area contributed by atoms with Crippen molar-refractivity contribution < 1.29 is 23.5 Å². The molecular weight excluding hydrogens is 500 g/mol. The van der Waals surface area contributed by atoms with Crippen LogP contribution in [-0.4, -0.2) is 61.8 Å². The fourth-order valence-electron chi connectivity index (χ4n) is 7.73. The van der Waals surface area contributed by atoms with Crippen LogP contribution in [0.3, 0.4) is 0 Å². The Morgan fingerprint density at radius 3 is 2.52 bits per heavy atom. The average molecular weight is 544 g/mol. The Kier molecular flexibility index (Phi) is 7.66. The van der Waals surface area contributed by atoms with Gasteiger partial charge < -0.3 is 19.3 Å². The molecule has 3 aromatic carbocycles.